The van der Waals surface area contributed by atoms with Gasteiger partial charge in [0.05, 0.1) is 19.8 Å². The van der Waals surface area contributed by atoms with Crippen LogP contribution in [0.15, 0.2) is 12.2 Å². The number of nitrogens with zero attached hydrogens (tertiary/aromatic N) is 1. The van der Waals surface area contributed by atoms with Crippen molar-refractivity contribution in [1.82, 2.24) is 4.90 Å². The second kappa shape index (κ2) is 65.6. The minimum Gasteiger partial charge on any atom is -0.466 e. The summed E-state index contributed by atoms with van der Waals surface area (Å²) in [6.45, 7) is 31.9. The van der Waals surface area contributed by atoms with Crippen LogP contribution in [0.1, 0.15) is 307 Å². The normalized spacial score (nSPS) is 11.6. The van der Waals surface area contributed by atoms with Gasteiger partial charge in [-0.2, -0.15) is 23.5 Å². The zero-order valence-electron chi connectivity index (χ0n) is 51.2. The third-order valence-corrected chi connectivity index (χ3v) is 16.2. The molecule has 438 valence electrons. The van der Waals surface area contributed by atoms with Crippen molar-refractivity contribution < 1.29 is 23.8 Å². The Morgan fingerprint density at radius 3 is 1.42 bits per heavy atom. The number of amides is 1. The van der Waals surface area contributed by atoms with E-state index in [-0.39, 0.29) is 17.8 Å². The number of esters is 1. The second-order valence-corrected chi connectivity index (χ2v) is 24.0. The molecule has 1 unspecified atom stereocenters. The monoisotopic (exact) mass is 1070 g/mol. The molecule has 0 heterocycles. The first-order chi connectivity index (χ1) is 35.6. The summed E-state index contributed by atoms with van der Waals surface area (Å²) >= 11 is 3.81. The lowest BCUT2D eigenvalue weighted by atomic mass is 9.89. The molecule has 0 aliphatic rings. The van der Waals surface area contributed by atoms with Crippen LogP contribution in [-0.2, 0) is 23.8 Å². The molecule has 0 aromatic heterocycles. The minimum atomic E-state index is -0.0314. The highest BCUT2D eigenvalue weighted by molar-refractivity contribution is 7.99. The first kappa shape index (κ1) is 76.5. The maximum absolute atomic E-state index is 13.2. The van der Waals surface area contributed by atoms with Crippen LogP contribution < -0.4 is 0 Å². The molecular weight excluding hydrogens is 939 g/mol. The van der Waals surface area contributed by atoms with Gasteiger partial charge < -0.3 is 19.1 Å². The van der Waals surface area contributed by atoms with Gasteiger partial charge in [-0.25, -0.2) is 0 Å². The average molecular weight is 1070 g/mol. The van der Waals surface area contributed by atoms with E-state index < -0.39 is 0 Å². The quantitative estimate of drug-likeness (QED) is 0.0342. The van der Waals surface area contributed by atoms with Crippen molar-refractivity contribution >= 4 is 35.4 Å². The van der Waals surface area contributed by atoms with Crippen molar-refractivity contribution in [3.05, 3.63) is 12.2 Å². The summed E-state index contributed by atoms with van der Waals surface area (Å²) in [5.41, 5.74) is 1.51. The molecular formula is C65H131NO5S2. The van der Waals surface area contributed by atoms with Crippen LogP contribution in [0.3, 0.4) is 0 Å². The zero-order chi connectivity index (χ0) is 54.5. The van der Waals surface area contributed by atoms with E-state index in [1.807, 2.05) is 28.4 Å². The average Bonchev–Trinajstić information content (AvgIpc) is 3.39. The Labute approximate surface area is 467 Å². The maximum atomic E-state index is 13.2. The first-order valence-electron chi connectivity index (χ1n) is 32.1. The number of hydrogen-bond acceptors (Lipinski definition) is 7. The predicted molar refractivity (Wildman–Crippen MR) is 331 cm³/mol. The van der Waals surface area contributed by atoms with E-state index in [0.717, 1.165) is 94.5 Å². The Kier molecular flexibility index (Phi) is 68.8. The molecule has 8 heteroatoms. The Morgan fingerprint density at radius 2 is 0.877 bits per heavy atom. The molecule has 0 spiro atoms. The van der Waals surface area contributed by atoms with Crippen molar-refractivity contribution in [3.8, 4) is 0 Å². The lowest BCUT2D eigenvalue weighted by Crippen LogP contribution is -2.39. The molecule has 1 atom stereocenters. The number of unbranched alkanes of at least 4 members (excludes halogenated alkanes) is 18. The van der Waals surface area contributed by atoms with Crippen molar-refractivity contribution in [1.29, 1.82) is 0 Å². The lowest BCUT2D eigenvalue weighted by Gasteiger charge is -2.26. The molecule has 0 rings (SSSR count). The molecule has 0 aliphatic heterocycles. The van der Waals surface area contributed by atoms with Gasteiger partial charge in [0, 0.05) is 50.1 Å². The molecule has 0 fully saturated rings. The highest BCUT2D eigenvalue weighted by Crippen LogP contribution is 2.26. The third kappa shape index (κ3) is 60.4. The number of carbonyl (C=O) groups excluding carboxylic acids is 2. The Hall–Kier alpha value is -0.700. The molecule has 1 amide bonds. The van der Waals surface area contributed by atoms with Gasteiger partial charge in [-0.05, 0) is 87.5 Å². The standard InChI is InChI=1S/C36H71NO4S.C22H44.C7H16OS/c1-6-10-13-14-15-20-26-37(27-30-40-28-9-4)36(39)33(5)32-42-31-21-16-19-24-35(38)41-29-25-34(22-17-11-7-2)23-18-12-8-3;1-5-8-11-14-16-21(4)17-15-20-22(18-12-9-6-2)19-13-10-7-3;1-3-5-8-6-7-9-4-2/h33-34H,6-32H2,1-5H3;22H,4-20H2,1-3H3;3-7H2,1-2H3. The van der Waals surface area contributed by atoms with Gasteiger partial charge in [-0.1, -0.05) is 248 Å². The van der Waals surface area contributed by atoms with Gasteiger partial charge in [0.15, 0.2) is 0 Å². The SMILES string of the molecule is C=C(CCCCCC)CCCC(CCCCC)CCCCC.CCCCCCCCN(CCOCCC)C(=O)C(C)CSCCCCCC(=O)OCCC(CCCCC)CCCCC.CCCOCCSCC. The van der Waals surface area contributed by atoms with Gasteiger partial charge in [-0.15, -0.1) is 0 Å². The summed E-state index contributed by atoms with van der Waals surface area (Å²) in [5.74, 6) is 6.23. The summed E-state index contributed by atoms with van der Waals surface area (Å²) in [6, 6.07) is 0. The van der Waals surface area contributed by atoms with Crippen LogP contribution in [-0.4, -0.2) is 85.9 Å². The predicted octanol–water partition coefficient (Wildman–Crippen LogP) is 20.9. The molecule has 0 saturated heterocycles. The highest BCUT2D eigenvalue weighted by Gasteiger charge is 2.20. The number of hydrogen-bond donors (Lipinski definition) is 0. The molecule has 73 heavy (non-hydrogen) atoms. The molecule has 0 aromatic carbocycles. The molecule has 0 bridgehead atoms. The lowest BCUT2D eigenvalue weighted by molar-refractivity contribution is -0.144. The van der Waals surface area contributed by atoms with Crippen LogP contribution in [0.2, 0.25) is 0 Å². The molecule has 0 aromatic rings. The third-order valence-electron chi connectivity index (χ3n) is 14.0. The fraction of sp³-hybridized carbons (Fsp3) is 0.938. The van der Waals surface area contributed by atoms with Gasteiger partial charge in [0.25, 0.3) is 0 Å². The van der Waals surface area contributed by atoms with Gasteiger partial charge in [-0.3, -0.25) is 9.59 Å². The molecule has 0 aliphatic carbocycles. The number of thioether (sulfide) groups is 2. The fourth-order valence-electron chi connectivity index (χ4n) is 9.22. The second-order valence-electron chi connectivity index (χ2n) is 21.5. The maximum Gasteiger partial charge on any atom is 0.305 e. The topological polar surface area (TPSA) is 65.1 Å². The van der Waals surface area contributed by atoms with Crippen LogP contribution >= 0.6 is 23.5 Å². The number of allylic oxidation sites excluding steroid dienone is 1. The van der Waals surface area contributed by atoms with E-state index in [0.29, 0.717) is 32.1 Å². The van der Waals surface area contributed by atoms with Crippen LogP contribution in [0, 0.1) is 17.8 Å². The number of carbonyl (C=O) groups is 2. The fourth-order valence-corrected chi connectivity index (χ4v) is 10.8. The van der Waals surface area contributed by atoms with E-state index in [1.54, 1.807) is 0 Å². The van der Waals surface area contributed by atoms with E-state index in [1.165, 1.54) is 198 Å². The smallest absolute Gasteiger partial charge is 0.305 e. The molecule has 0 saturated carbocycles. The molecule has 0 radical (unpaired) electrons. The molecule has 6 nitrogen and oxygen atoms in total. The van der Waals surface area contributed by atoms with Crippen LogP contribution in [0.5, 0.6) is 0 Å². The summed E-state index contributed by atoms with van der Waals surface area (Å²) in [6.07, 6.45) is 46.8. The summed E-state index contributed by atoms with van der Waals surface area (Å²) in [4.78, 5) is 27.5. The summed E-state index contributed by atoms with van der Waals surface area (Å²) in [7, 11) is 0. The van der Waals surface area contributed by atoms with Crippen molar-refractivity contribution in [2.75, 3.05) is 69.1 Å². The summed E-state index contributed by atoms with van der Waals surface area (Å²) < 4.78 is 16.5. The van der Waals surface area contributed by atoms with E-state index in [9.17, 15) is 9.59 Å². The molecule has 0 N–H and O–H groups in total. The van der Waals surface area contributed by atoms with E-state index in [4.69, 9.17) is 14.2 Å². The zero-order valence-corrected chi connectivity index (χ0v) is 52.8. The van der Waals surface area contributed by atoms with Crippen molar-refractivity contribution in [3.63, 3.8) is 0 Å². The largest absolute Gasteiger partial charge is 0.466 e. The Bertz CT molecular complexity index is 1070. The van der Waals surface area contributed by atoms with E-state index >= 15 is 0 Å². The Morgan fingerprint density at radius 1 is 0.425 bits per heavy atom. The Balaban J connectivity index is -0.00000130. The van der Waals surface area contributed by atoms with Crippen molar-refractivity contribution in [2.45, 2.75) is 307 Å². The van der Waals surface area contributed by atoms with Gasteiger partial charge in [0.1, 0.15) is 0 Å². The number of rotatable bonds is 55. The minimum absolute atomic E-state index is 0.0314. The summed E-state index contributed by atoms with van der Waals surface area (Å²) in [5, 5.41) is 0. The first-order valence-corrected chi connectivity index (χ1v) is 34.4. The highest BCUT2D eigenvalue weighted by atomic mass is 32.2. The number of ether oxygens (including phenoxy) is 3. The van der Waals surface area contributed by atoms with Crippen molar-refractivity contribution in [2.24, 2.45) is 17.8 Å². The van der Waals surface area contributed by atoms with Crippen LogP contribution in [0.25, 0.3) is 0 Å². The van der Waals surface area contributed by atoms with Gasteiger partial charge >= 0.3 is 5.97 Å². The van der Waals surface area contributed by atoms with Gasteiger partial charge in [0.2, 0.25) is 5.91 Å². The van der Waals surface area contributed by atoms with Crippen LogP contribution in [0.4, 0.5) is 0 Å². The van der Waals surface area contributed by atoms with E-state index in [2.05, 4.69) is 75.8 Å².